The van der Waals surface area contributed by atoms with E-state index >= 15 is 0 Å². The SMILES string of the molecule is CC(=O)N1CCN(C(=O)c2ccc(SC(F)F)cc2)CC1. The van der Waals surface area contributed by atoms with Crippen LogP contribution in [0.2, 0.25) is 0 Å². The highest BCUT2D eigenvalue weighted by molar-refractivity contribution is 7.99. The summed E-state index contributed by atoms with van der Waals surface area (Å²) in [7, 11) is 0. The second-order valence-corrected chi connectivity index (χ2v) is 5.76. The zero-order chi connectivity index (χ0) is 15.4. The number of nitrogens with zero attached hydrogens (tertiary/aromatic N) is 2. The molecule has 0 atom stereocenters. The number of alkyl halides is 2. The Kier molecular flexibility index (Phi) is 5.17. The van der Waals surface area contributed by atoms with Gasteiger partial charge >= 0.3 is 0 Å². The summed E-state index contributed by atoms with van der Waals surface area (Å²) in [5, 5.41) is 0. The predicted octanol–water partition coefficient (Wildman–Crippen LogP) is 2.31. The number of rotatable bonds is 3. The molecule has 1 aromatic carbocycles. The van der Waals surface area contributed by atoms with E-state index in [1.54, 1.807) is 21.9 Å². The molecule has 1 aliphatic rings. The Morgan fingerprint density at radius 2 is 1.57 bits per heavy atom. The van der Waals surface area contributed by atoms with Gasteiger partial charge in [0, 0.05) is 43.6 Å². The Bertz CT molecular complexity index is 514. The van der Waals surface area contributed by atoms with E-state index in [1.807, 2.05) is 0 Å². The quantitative estimate of drug-likeness (QED) is 0.804. The summed E-state index contributed by atoms with van der Waals surface area (Å²) in [5.41, 5.74) is 0.477. The van der Waals surface area contributed by atoms with E-state index in [9.17, 15) is 18.4 Å². The molecule has 2 amide bonds. The lowest BCUT2D eigenvalue weighted by Crippen LogP contribution is -2.50. The van der Waals surface area contributed by atoms with Gasteiger partial charge in [0.25, 0.3) is 11.7 Å². The molecule has 2 rings (SSSR count). The van der Waals surface area contributed by atoms with Crippen LogP contribution in [-0.4, -0.2) is 53.6 Å². The maximum Gasteiger partial charge on any atom is 0.288 e. The molecule has 1 saturated heterocycles. The van der Waals surface area contributed by atoms with Crippen molar-refractivity contribution in [2.24, 2.45) is 0 Å². The van der Waals surface area contributed by atoms with Crippen molar-refractivity contribution in [2.75, 3.05) is 26.2 Å². The highest BCUT2D eigenvalue weighted by Crippen LogP contribution is 2.25. The van der Waals surface area contributed by atoms with E-state index in [1.165, 1.54) is 19.1 Å². The van der Waals surface area contributed by atoms with Crippen LogP contribution in [0.25, 0.3) is 0 Å². The summed E-state index contributed by atoms with van der Waals surface area (Å²) in [6.45, 7) is 3.55. The first-order valence-electron chi connectivity index (χ1n) is 6.57. The molecular formula is C14H16F2N2O2S. The fourth-order valence-corrected chi connectivity index (χ4v) is 2.68. The van der Waals surface area contributed by atoms with Gasteiger partial charge < -0.3 is 9.80 Å². The minimum atomic E-state index is -2.47. The van der Waals surface area contributed by atoms with Gasteiger partial charge in [0.2, 0.25) is 5.91 Å². The van der Waals surface area contributed by atoms with Gasteiger partial charge in [0.05, 0.1) is 0 Å². The van der Waals surface area contributed by atoms with Gasteiger partial charge in [-0.05, 0) is 24.3 Å². The van der Waals surface area contributed by atoms with Crippen molar-refractivity contribution < 1.29 is 18.4 Å². The highest BCUT2D eigenvalue weighted by Gasteiger charge is 2.23. The number of thioether (sulfide) groups is 1. The fourth-order valence-electron chi connectivity index (χ4n) is 2.19. The monoisotopic (exact) mass is 314 g/mol. The Balaban J connectivity index is 1.96. The smallest absolute Gasteiger partial charge is 0.288 e. The van der Waals surface area contributed by atoms with Crippen LogP contribution in [0, 0.1) is 0 Å². The van der Waals surface area contributed by atoms with Crippen LogP contribution < -0.4 is 0 Å². The minimum absolute atomic E-state index is 0.00970. The van der Waals surface area contributed by atoms with E-state index in [2.05, 4.69) is 0 Å². The summed E-state index contributed by atoms with van der Waals surface area (Å²) >= 11 is 0.456. The van der Waals surface area contributed by atoms with Crippen LogP contribution in [-0.2, 0) is 4.79 Å². The summed E-state index contributed by atoms with van der Waals surface area (Å²) in [4.78, 5) is 27.3. The van der Waals surface area contributed by atoms with Crippen molar-refractivity contribution in [1.82, 2.24) is 9.80 Å². The minimum Gasteiger partial charge on any atom is -0.339 e. The van der Waals surface area contributed by atoms with Crippen molar-refractivity contribution in [3.8, 4) is 0 Å². The lowest BCUT2D eigenvalue weighted by Gasteiger charge is -2.34. The Hall–Kier alpha value is -1.63. The van der Waals surface area contributed by atoms with Crippen molar-refractivity contribution in [2.45, 2.75) is 17.6 Å². The molecule has 0 aromatic heterocycles. The first-order valence-corrected chi connectivity index (χ1v) is 7.45. The number of hydrogen-bond acceptors (Lipinski definition) is 3. The number of hydrogen-bond donors (Lipinski definition) is 0. The zero-order valence-electron chi connectivity index (χ0n) is 11.6. The van der Waals surface area contributed by atoms with Gasteiger partial charge in [-0.2, -0.15) is 8.78 Å². The average molecular weight is 314 g/mol. The van der Waals surface area contributed by atoms with E-state index in [0.29, 0.717) is 48.4 Å². The topological polar surface area (TPSA) is 40.6 Å². The number of carbonyl (C=O) groups excluding carboxylic acids is 2. The third-order valence-electron chi connectivity index (χ3n) is 3.34. The van der Waals surface area contributed by atoms with Crippen LogP contribution in [0.1, 0.15) is 17.3 Å². The number of benzene rings is 1. The number of piperazine rings is 1. The van der Waals surface area contributed by atoms with Gasteiger partial charge in [-0.15, -0.1) is 0 Å². The predicted molar refractivity (Wildman–Crippen MR) is 76.5 cm³/mol. The molecule has 114 valence electrons. The third kappa shape index (κ3) is 4.17. The second kappa shape index (κ2) is 6.89. The third-order valence-corrected chi connectivity index (χ3v) is 4.06. The molecule has 1 aromatic rings. The first kappa shape index (κ1) is 15.8. The molecular weight excluding hydrogens is 298 g/mol. The molecule has 1 heterocycles. The summed E-state index contributed by atoms with van der Waals surface area (Å²) < 4.78 is 24.5. The molecule has 0 saturated carbocycles. The normalized spacial score (nSPS) is 15.4. The van der Waals surface area contributed by atoms with Crippen LogP contribution in [0.3, 0.4) is 0 Å². The molecule has 0 spiro atoms. The number of carbonyl (C=O) groups is 2. The first-order chi connectivity index (χ1) is 9.97. The van der Waals surface area contributed by atoms with Crippen LogP contribution in [0.4, 0.5) is 8.78 Å². The molecule has 0 N–H and O–H groups in total. The maximum absolute atomic E-state index is 12.3. The molecule has 21 heavy (non-hydrogen) atoms. The highest BCUT2D eigenvalue weighted by atomic mass is 32.2. The van der Waals surface area contributed by atoms with Gasteiger partial charge in [-0.1, -0.05) is 11.8 Å². The van der Waals surface area contributed by atoms with Crippen molar-refractivity contribution in [3.05, 3.63) is 29.8 Å². The summed E-state index contributed by atoms with van der Waals surface area (Å²) in [6.07, 6.45) is 0. The van der Waals surface area contributed by atoms with Crippen LogP contribution >= 0.6 is 11.8 Å². The van der Waals surface area contributed by atoms with Crippen molar-refractivity contribution >= 4 is 23.6 Å². The standard InChI is InChI=1S/C14H16F2N2O2S/c1-10(19)17-6-8-18(9-7-17)13(20)11-2-4-12(5-3-11)21-14(15)16/h2-5,14H,6-9H2,1H3. The molecule has 1 aliphatic heterocycles. The lowest BCUT2D eigenvalue weighted by molar-refractivity contribution is -0.130. The van der Waals surface area contributed by atoms with Gasteiger partial charge in [-0.25, -0.2) is 0 Å². The Labute approximate surface area is 126 Å². The molecule has 0 aliphatic carbocycles. The lowest BCUT2D eigenvalue weighted by atomic mass is 10.2. The Morgan fingerprint density at radius 3 is 2.05 bits per heavy atom. The summed E-state index contributed by atoms with van der Waals surface area (Å²) in [6, 6.07) is 6.17. The number of amides is 2. The molecule has 7 heteroatoms. The van der Waals surface area contributed by atoms with E-state index in [4.69, 9.17) is 0 Å². The van der Waals surface area contributed by atoms with Gasteiger partial charge in [0.15, 0.2) is 0 Å². The fraction of sp³-hybridized carbons (Fsp3) is 0.429. The largest absolute Gasteiger partial charge is 0.339 e. The zero-order valence-corrected chi connectivity index (χ0v) is 12.4. The van der Waals surface area contributed by atoms with Crippen molar-refractivity contribution in [3.63, 3.8) is 0 Å². The van der Waals surface area contributed by atoms with Gasteiger partial charge in [0.1, 0.15) is 0 Å². The summed E-state index contributed by atoms with van der Waals surface area (Å²) in [5.74, 6) is -2.59. The van der Waals surface area contributed by atoms with Crippen LogP contribution in [0.15, 0.2) is 29.2 Å². The molecule has 0 unspecified atom stereocenters. The Morgan fingerprint density at radius 1 is 1.05 bits per heavy atom. The van der Waals surface area contributed by atoms with Gasteiger partial charge in [-0.3, -0.25) is 9.59 Å². The van der Waals surface area contributed by atoms with Crippen LogP contribution in [0.5, 0.6) is 0 Å². The van der Waals surface area contributed by atoms with E-state index in [0.717, 1.165) is 0 Å². The van der Waals surface area contributed by atoms with E-state index in [-0.39, 0.29) is 11.8 Å². The van der Waals surface area contributed by atoms with E-state index < -0.39 is 5.76 Å². The molecule has 1 fully saturated rings. The van der Waals surface area contributed by atoms with Crippen molar-refractivity contribution in [1.29, 1.82) is 0 Å². The number of halogens is 2. The molecule has 4 nitrogen and oxygen atoms in total. The second-order valence-electron chi connectivity index (χ2n) is 4.70. The molecule has 0 radical (unpaired) electrons. The average Bonchev–Trinajstić information content (AvgIpc) is 2.47. The maximum atomic E-state index is 12.3. The molecule has 0 bridgehead atoms.